The summed E-state index contributed by atoms with van der Waals surface area (Å²) < 4.78 is 0. The Morgan fingerprint density at radius 1 is 1.67 bits per heavy atom. The lowest BCUT2D eigenvalue weighted by Gasteiger charge is -1.84. The van der Waals surface area contributed by atoms with Gasteiger partial charge in [-0.25, -0.2) is 0 Å². The summed E-state index contributed by atoms with van der Waals surface area (Å²) in [6, 6.07) is 0. The van der Waals surface area contributed by atoms with Gasteiger partial charge in [0.2, 0.25) is 0 Å². The SMILES string of the molecule is C=CC(C)=N/C=C\NC. The molecule has 1 N–H and O–H groups in total. The molecule has 0 aliphatic carbocycles. The summed E-state index contributed by atoms with van der Waals surface area (Å²) in [7, 11) is 1.83. The predicted molar refractivity (Wildman–Crippen MR) is 41.5 cm³/mol. The van der Waals surface area contributed by atoms with E-state index in [4.69, 9.17) is 0 Å². The van der Waals surface area contributed by atoms with E-state index in [1.165, 1.54) is 0 Å². The highest BCUT2D eigenvalue weighted by Gasteiger charge is 1.72. The predicted octanol–water partition coefficient (Wildman–Crippen LogP) is 1.32. The monoisotopic (exact) mass is 124 g/mol. The van der Waals surface area contributed by atoms with Crippen LogP contribution in [-0.2, 0) is 0 Å². The van der Waals surface area contributed by atoms with Crippen LogP contribution in [0.1, 0.15) is 6.92 Å². The number of allylic oxidation sites excluding steroid dienone is 1. The summed E-state index contributed by atoms with van der Waals surface area (Å²) in [4.78, 5) is 3.99. The van der Waals surface area contributed by atoms with Gasteiger partial charge < -0.3 is 5.32 Å². The van der Waals surface area contributed by atoms with Crippen molar-refractivity contribution in [2.75, 3.05) is 7.05 Å². The van der Waals surface area contributed by atoms with Crippen LogP contribution in [0.3, 0.4) is 0 Å². The normalized spacial score (nSPS) is 12.0. The summed E-state index contributed by atoms with van der Waals surface area (Å²) in [6.45, 7) is 5.45. The molecule has 0 radical (unpaired) electrons. The Kier molecular flexibility index (Phi) is 4.50. The van der Waals surface area contributed by atoms with Gasteiger partial charge in [-0.2, -0.15) is 0 Å². The lowest BCUT2D eigenvalue weighted by molar-refractivity contribution is 1.09. The molecule has 0 bridgehead atoms. The minimum absolute atomic E-state index is 0.918. The zero-order valence-electron chi connectivity index (χ0n) is 5.89. The molecule has 0 aromatic carbocycles. The highest BCUT2D eigenvalue weighted by atomic mass is 14.8. The third-order valence-corrected chi connectivity index (χ3v) is 0.815. The first-order valence-electron chi connectivity index (χ1n) is 2.80. The molecule has 0 amide bonds. The van der Waals surface area contributed by atoms with Gasteiger partial charge >= 0.3 is 0 Å². The van der Waals surface area contributed by atoms with Gasteiger partial charge in [-0.05, 0) is 13.0 Å². The highest BCUT2D eigenvalue weighted by molar-refractivity contribution is 5.92. The molecule has 0 unspecified atom stereocenters. The molecule has 0 aromatic rings. The molecule has 2 heteroatoms. The van der Waals surface area contributed by atoms with Crippen LogP contribution in [0, 0.1) is 0 Å². The molecule has 0 rings (SSSR count). The van der Waals surface area contributed by atoms with Crippen molar-refractivity contribution >= 4 is 5.71 Å². The number of hydrogen-bond donors (Lipinski definition) is 1. The molecule has 0 aliphatic rings. The maximum absolute atomic E-state index is 3.99. The zero-order chi connectivity index (χ0) is 7.11. The molecule has 9 heavy (non-hydrogen) atoms. The van der Waals surface area contributed by atoms with Crippen molar-refractivity contribution in [2.45, 2.75) is 6.92 Å². The average Bonchev–Trinajstić information content (AvgIpc) is 1.89. The zero-order valence-corrected chi connectivity index (χ0v) is 5.89. The van der Waals surface area contributed by atoms with Gasteiger partial charge in [-0.3, -0.25) is 4.99 Å². The fourth-order valence-corrected chi connectivity index (χ4v) is 0.282. The molecule has 0 saturated carbocycles. The second kappa shape index (κ2) is 5.09. The fraction of sp³-hybridized carbons (Fsp3) is 0.286. The van der Waals surface area contributed by atoms with Crippen LogP contribution < -0.4 is 5.32 Å². The second-order valence-corrected chi connectivity index (χ2v) is 1.58. The van der Waals surface area contributed by atoms with E-state index in [1.807, 2.05) is 14.0 Å². The van der Waals surface area contributed by atoms with E-state index in [2.05, 4.69) is 16.9 Å². The van der Waals surface area contributed by atoms with Gasteiger partial charge in [0, 0.05) is 25.2 Å². The van der Waals surface area contributed by atoms with Gasteiger partial charge in [0.05, 0.1) is 0 Å². The van der Waals surface area contributed by atoms with Gasteiger partial charge in [-0.1, -0.05) is 6.58 Å². The standard InChI is InChI=1S/C7H12N2/c1-4-7(2)9-6-5-8-3/h4-6,8H,1H2,2-3H3/b6-5-,9-7?. The maximum Gasteiger partial charge on any atom is 0.0427 e. The van der Waals surface area contributed by atoms with E-state index in [-0.39, 0.29) is 0 Å². The topological polar surface area (TPSA) is 24.4 Å². The highest BCUT2D eigenvalue weighted by Crippen LogP contribution is 1.78. The first-order chi connectivity index (χ1) is 4.31. The molecule has 0 fully saturated rings. The lowest BCUT2D eigenvalue weighted by atomic mass is 10.4. The number of nitrogens with zero attached hydrogens (tertiary/aromatic N) is 1. The Labute approximate surface area is 56.0 Å². The molecule has 0 aromatic heterocycles. The van der Waals surface area contributed by atoms with Crippen LogP contribution in [0.2, 0.25) is 0 Å². The Morgan fingerprint density at radius 3 is 2.78 bits per heavy atom. The summed E-state index contributed by atoms with van der Waals surface area (Å²) in [6.07, 6.45) is 5.16. The molecular formula is C7H12N2. The van der Waals surface area contributed by atoms with Crippen molar-refractivity contribution in [1.29, 1.82) is 0 Å². The van der Waals surface area contributed by atoms with Crippen molar-refractivity contribution < 1.29 is 0 Å². The lowest BCUT2D eigenvalue weighted by Crippen LogP contribution is -1.90. The molecular weight excluding hydrogens is 112 g/mol. The van der Waals surface area contributed by atoms with Crippen molar-refractivity contribution in [2.24, 2.45) is 4.99 Å². The molecule has 2 nitrogen and oxygen atoms in total. The van der Waals surface area contributed by atoms with E-state index in [0.29, 0.717) is 0 Å². The van der Waals surface area contributed by atoms with Gasteiger partial charge in [0.25, 0.3) is 0 Å². The molecule has 0 aliphatic heterocycles. The summed E-state index contributed by atoms with van der Waals surface area (Å²) in [5, 5.41) is 2.83. The number of aliphatic imine (C=N–C) groups is 1. The Bertz CT molecular complexity index is 134. The van der Waals surface area contributed by atoms with Gasteiger partial charge in [-0.15, -0.1) is 0 Å². The first-order valence-corrected chi connectivity index (χ1v) is 2.80. The molecule has 0 heterocycles. The minimum Gasteiger partial charge on any atom is -0.393 e. The summed E-state index contributed by atoms with van der Waals surface area (Å²) in [5.74, 6) is 0. The fourth-order valence-electron chi connectivity index (χ4n) is 0.282. The largest absolute Gasteiger partial charge is 0.393 e. The van der Waals surface area contributed by atoms with Crippen molar-refractivity contribution in [3.63, 3.8) is 0 Å². The van der Waals surface area contributed by atoms with E-state index in [1.54, 1.807) is 18.5 Å². The second-order valence-electron chi connectivity index (χ2n) is 1.58. The van der Waals surface area contributed by atoms with Crippen LogP contribution in [0.5, 0.6) is 0 Å². The molecule has 0 saturated heterocycles. The Morgan fingerprint density at radius 2 is 2.33 bits per heavy atom. The van der Waals surface area contributed by atoms with Crippen molar-refractivity contribution in [3.8, 4) is 0 Å². The maximum atomic E-state index is 3.99. The number of nitrogens with one attached hydrogen (secondary N) is 1. The summed E-state index contributed by atoms with van der Waals surface area (Å²) >= 11 is 0. The van der Waals surface area contributed by atoms with Crippen LogP contribution >= 0.6 is 0 Å². The van der Waals surface area contributed by atoms with Crippen LogP contribution in [0.4, 0.5) is 0 Å². The quantitative estimate of drug-likeness (QED) is 0.564. The Balaban J connectivity index is 3.68. The summed E-state index contributed by atoms with van der Waals surface area (Å²) in [5.41, 5.74) is 0.918. The molecule has 0 atom stereocenters. The van der Waals surface area contributed by atoms with Crippen molar-refractivity contribution in [1.82, 2.24) is 5.32 Å². The first kappa shape index (κ1) is 7.95. The smallest absolute Gasteiger partial charge is 0.0427 e. The van der Waals surface area contributed by atoms with Crippen LogP contribution in [0.25, 0.3) is 0 Å². The number of rotatable bonds is 3. The van der Waals surface area contributed by atoms with Gasteiger partial charge in [0.15, 0.2) is 0 Å². The van der Waals surface area contributed by atoms with Gasteiger partial charge in [0.1, 0.15) is 0 Å². The van der Waals surface area contributed by atoms with E-state index < -0.39 is 0 Å². The van der Waals surface area contributed by atoms with E-state index >= 15 is 0 Å². The van der Waals surface area contributed by atoms with E-state index in [9.17, 15) is 0 Å². The van der Waals surface area contributed by atoms with Crippen molar-refractivity contribution in [3.05, 3.63) is 25.1 Å². The van der Waals surface area contributed by atoms with Crippen LogP contribution in [0.15, 0.2) is 30.0 Å². The molecule has 0 spiro atoms. The minimum atomic E-state index is 0.918. The van der Waals surface area contributed by atoms with Crippen LogP contribution in [-0.4, -0.2) is 12.8 Å². The third-order valence-electron chi connectivity index (χ3n) is 0.815. The third kappa shape index (κ3) is 4.81. The average molecular weight is 124 g/mol. The Hall–Kier alpha value is -1.05. The molecule has 50 valence electrons. The van der Waals surface area contributed by atoms with E-state index in [0.717, 1.165) is 5.71 Å². The number of hydrogen-bond acceptors (Lipinski definition) is 2.